The standard InChI is InChI=1S/C9H9NO5/c10-7(9(12)13)6-4(11)1-2-5-8(6)15-3-14-5/h1-2,7,11H,3,10H2,(H,12,13). The van der Waals surface area contributed by atoms with Gasteiger partial charge >= 0.3 is 5.97 Å². The Hall–Kier alpha value is -1.95. The van der Waals surface area contributed by atoms with Crippen LogP contribution in [0.4, 0.5) is 0 Å². The molecule has 1 aromatic rings. The molecular weight excluding hydrogens is 202 g/mol. The molecule has 6 heteroatoms. The van der Waals surface area contributed by atoms with Gasteiger partial charge in [0.1, 0.15) is 11.8 Å². The molecule has 1 atom stereocenters. The van der Waals surface area contributed by atoms with Gasteiger partial charge in [-0.15, -0.1) is 0 Å². The zero-order valence-electron chi connectivity index (χ0n) is 7.64. The predicted octanol–water partition coefficient (Wildman–Crippen LogP) is 0.205. The van der Waals surface area contributed by atoms with E-state index in [1.807, 2.05) is 0 Å². The number of benzene rings is 1. The van der Waals surface area contributed by atoms with Crippen LogP contribution in [0, 0.1) is 0 Å². The smallest absolute Gasteiger partial charge is 0.325 e. The molecule has 1 heterocycles. The Bertz CT molecular complexity index is 417. The fourth-order valence-electron chi connectivity index (χ4n) is 1.41. The monoisotopic (exact) mass is 211 g/mol. The molecule has 6 nitrogen and oxygen atoms in total. The van der Waals surface area contributed by atoms with Crippen LogP contribution in [-0.4, -0.2) is 23.0 Å². The second-order valence-electron chi connectivity index (χ2n) is 3.05. The average Bonchev–Trinajstić information content (AvgIpc) is 2.64. The predicted molar refractivity (Wildman–Crippen MR) is 48.8 cm³/mol. The Morgan fingerprint density at radius 2 is 2.20 bits per heavy atom. The van der Waals surface area contributed by atoms with Crippen molar-refractivity contribution in [2.24, 2.45) is 5.73 Å². The molecule has 0 bridgehead atoms. The molecule has 15 heavy (non-hydrogen) atoms. The Balaban J connectivity index is 2.54. The maximum atomic E-state index is 10.7. The SMILES string of the molecule is NC(C(=O)O)c1c(O)ccc2c1OCO2. The first-order valence-electron chi connectivity index (χ1n) is 4.21. The van der Waals surface area contributed by atoms with E-state index >= 15 is 0 Å². The number of hydrogen-bond donors (Lipinski definition) is 3. The number of hydrogen-bond acceptors (Lipinski definition) is 5. The van der Waals surface area contributed by atoms with Gasteiger partial charge in [0.05, 0.1) is 5.56 Å². The second-order valence-corrected chi connectivity index (χ2v) is 3.05. The quantitative estimate of drug-likeness (QED) is 0.646. The van der Waals surface area contributed by atoms with Crippen molar-refractivity contribution in [2.75, 3.05) is 6.79 Å². The number of carboxylic acids is 1. The summed E-state index contributed by atoms with van der Waals surface area (Å²) >= 11 is 0. The van der Waals surface area contributed by atoms with Crippen LogP contribution in [0.5, 0.6) is 17.2 Å². The maximum absolute atomic E-state index is 10.7. The number of ether oxygens (including phenoxy) is 2. The molecule has 0 saturated carbocycles. The molecule has 4 N–H and O–H groups in total. The van der Waals surface area contributed by atoms with E-state index in [1.165, 1.54) is 12.1 Å². The average molecular weight is 211 g/mol. The first-order chi connectivity index (χ1) is 7.11. The molecule has 1 aliphatic heterocycles. The van der Waals surface area contributed by atoms with E-state index in [-0.39, 0.29) is 23.9 Å². The van der Waals surface area contributed by atoms with E-state index in [9.17, 15) is 9.90 Å². The molecule has 0 spiro atoms. The number of aliphatic carboxylic acids is 1. The lowest BCUT2D eigenvalue weighted by atomic mass is 10.0. The normalized spacial score (nSPS) is 15.0. The van der Waals surface area contributed by atoms with Crippen molar-refractivity contribution in [1.82, 2.24) is 0 Å². The van der Waals surface area contributed by atoms with Crippen molar-refractivity contribution in [2.45, 2.75) is 6.04 Å². The molecule has 0 saturated heterocycles. The summed E-state index contributed by atoms with van der Waals surface area (Å²) in [6, 6.07) is 1.49. The van der Waals surface area contributed by atoms with E-state index in [1.54, 1.807) is 0 Å². The van der Waals surface area contributed by atoms with Gasteiger partial charge in [-0.25, -0.2) is 0 Å². The first kappa shape index (κ1) is 9.60. The highest BCUT2D eigenvalue weighted by Gasteiger charge is 2.28. The van der Waals surface area contributed by atoms with Gasteiger partial charge < -0.3 is 25.4 Å². The number of carbonyl (C=O) groups is 1. The fourth-order valence-corrected chi connectivity index (χ4v) is 1.41. The molecule has 1 aromatic carbocycles. The van der Waals surface area contributed by atoms with Gasteiger partial charge in [-0.05, 0) is 12.1 Å². The Kier molecular flexibility index (Phi) is 2.12. The number of fused-ring (bicyclic) bond motifs is 1. The molecule has 0 aliphatic carbocycles. The number of nitrogens with two attached hydrogens (primary N) is 1. The number of aromatic hydroxyl groups is 1. The summed E-state index contributed by atoms with van der Waals surface area (Å²) in [5.41, 5.74) is 5.46. The van der Waals surface area contributed by atoms with Crippen LogP contribution in [0.3, 0.4) is 0 Å². The second kappa shape index (κ2) is 3.32. The fraction of sp³-hybridized carbons (Fsp3) is 0.222. The minimum atomic E-state index is -1.33. The lowest BCUT2D eigenvalue weighted by molar-refractivity contribution is -0.138. The minimum absolute atomic E-state index is 0.00186. The van der Waals surface area contributed by atoms with Crippen molar-refractivity contribution >= 4 is 5.97 Å². The minimum Gasteiger partial charge on any atom is -0.507 e. The van der Waals surface area contributed by atoms with Gasteiger partial charge in [0.25, 0.3) is 0 Å². The summed E-state index contributed by atoms with van der Waals surface area (Å²) in [5, 5.41) is 18.3. The summed E-state index contributed by atoms with van der Waals surface area (Å²) < 4.78 is 10.1. The highest BCUT2D eigenvalue weighted by molar-refractivity contribution is 5.78. The number of phenolic OH excluding ortho intramolecular Hbond substituents is 1. The summed E-state index contributed by atoms with van der Waals surface area (Å²) in [7, 11) is 0. The zero-order valence-corrected chi connectivity index (χ0v) is 7.64. The van der Waals surface area contributed by atoms with E-state index in [0.717, 1.165) is 0 Å². The summed E-state index contributed by atoms with van der Waals surface area (Å²) in [6.07, 6.45) is 0. The van der Waals surface area contributed by atoms with Crippen molar-refractivity contribution in [3.8, 4) is 17.2 Å². The third-order valence-corrected chi connectivity index (χ3v) is 2.13. The van der Waals surface area contributed by atoms with Crippen LogP contribution in [0.25, 0.3) is 0 Å². The Morgan fingerprint density at radius 3 is 2.87 bits per heavy atom. The third kappa shape index (κ3) is 1.44. The number of phenols is 1. The van der Waals surface area contributed by atoms with Gasteiger partial charge in [-0.1, -0.05) is 0 Å². The van der Waals surface area contributed by atoms with Crippen molar-refractivity contribution in [3.05, 3.63) is 17.7 Å². The summed E-state index contributed by atoms with van der Waals surface area (Å²) in [5.74, 6) is -0.868. The van der Waals surface area contributed by atoms with Crippen molar-refractivity contribution in [1.29, 1.82) is 0 Å². The number of rotatable bonds is 2. The topological polar surface area (TPSA) is 102 Å². The van der Waals surface area contributed by atoms with Crippen molar-refractivity contribution < 1.29 is 24.5 Å². The van der Waals surface area contributed by atoms with Crippen LogP contribution in [0.1, 0.15) is 11.6 Å². The van der Waals surface area contributed by atoms with Gasteiger partial charge in [-0.3, -0.25) is 4.79 Å². The van der Waals surface area contributed by atoms with E-state index < -0.39 is 12.0 Å². The largest absolute Gasteiger partial charge is 0.507 e. The van der Waals surface area contributed by atoms with Crippen LogP contribution in [0.2, 0.25) is 0 Å². The number of carboxylic acid groups (broad SMARTS) is 1. The van der Waals surface area contributed by atoms with Gasteiger partial charge in [-0.2, -0.15) is 0 Å². The molecule has 2 rings (SSSR count). The molecule has 0 aromatic heterocycles. The molecule has 0 radical (unpaired) electrons. The van der Waals surface area contributed by atoms with Gasteiger partial charge in [0.15, 0.2) is 11.5 Å². The third-order valence-electron chi connectivity index (χ3n) is 2.13. The Labute approximate surface area is 84.8 Å². The van der Waals surface area contributed by atoms with E-state index in [0.29, 0.717) is 5.75 Å². The molecule has 0 fully saturated rings. The molecular formula is C9H9NO5. The van der Waals surface area contributed by atoms with Gasteiger partial charge in [0.2, 0.25) is 6.79 Å². The maximum Gasteiger partial charge on any atom is 0.325 e. The summed E-state index contributed by atoms with van der Waals surface area (Å²) in [6.45, 7) is -0.00186. The van der Waals surface area contributed by atoms with Crippen LogP contribution in [-0.2, 0) is 4.79 Å². The summed E-state index contributed by atoms with van der Waals surface area (Å²) in [4.78, 5) is 10.7. The van der Waals surface area contributed by atoms with Crippen molar-refractivity contribution in [3.63, 3.8) is 0 Å². The molecule has 80 valence electrons. The van der Waals surface area contributed by atoms with Crippen LogP contribution >= 0.6 is 0 Å². The van der Waals surface area contributed by atoms with Crippen LogP contribution in [0.15, 0.2) is 12.1 Å². The van der Waals surface area contributed by atoms with E-state index in [4.69, 9.17) is 20.3 Å². The molecule has 1 aliphatic rings. The van der Waals surface area contributed by atoms with Crippen LogP contribution < -0.4 is 15.2 Å². The molecule has 0 amide bonds. The highest BCUT2D eigenvalue weighted by Crippen LogP contribution is 2.42. The first-order valence-corrected chi connectivity index (χ1v) is 4.21. The Morgan fingerprint density at radius 1 is 1.47 bits per heavy atom. The van der Waals surface area contributed by atoms with E-state index in [2.05, 4.69) is 0 Å². The highest BCUT2D eigenvalue weighted by atomic mass is 16.7. The molecule has 1 unspecified atom stereocenters. The zero-order chi connectivity index (χ0) is 11.0. The van der Waals surface area contributed by atoms with Gasteiger partial charge in [0, 0.05) is 0 Å². The lowest BCUT2D eigenvalue weighted by Gasteiger charge is -2.11. The lowest BCUT2D eigenvalue weighted by Crippen LogP contribution is -2.21.